The second-order valence-electron chi connectivity index (χ2n) is 13.3. The van der Waals surface area contributed by atoms with Gasteiger partial charge in [-0.2, -0.15) is 0 Å². The van der Waals surface area contributed by atoms with E-state index in [1.54, 1.807) is 12.7 Å². The molecular weight excluding hydrogens is 630 g/mol. The normalized spacial score (nSPS) is 12.4. The van der Waals surface area contributed by atoms with Gasteiger partial charge >= 0.3 is 12.2 Å². The lowest BCUT2D eigenvalue weighted by Crippen LogP contribution is -2.30. The Morgan fingerprint density at radius 3 is 1.44 bits per heavy atom. The van der Waals surface area contributed by atoms with Crippen molar-refractivity contribution >= 4 is 12.2 Å². The third kappa shape index (κ3) is 11.3. The number of alkyl carbamates (subject to hydrolysis) is 2. The molecule has 3 heterocycles. The van der Waals surface area contributed by atoms with Crippen molar-refractivity contribution in [3.8, 4) is 0 Å². The number of carbonyl (C=O) groups excluding carboxylic acids is 2. The van der Waals surface area contributed by atoms with Gasteiger partial charge in [0, 0.05) is 12.4 Å². The zero-order chi connectivity index (χ0) is 35.3. The number of rotatable bonds is 16. The largest absolute Gasteiger partial charge is 0.445 e. The monoisotopic (exact) mass is 677 g/mol. The molecular formula is C39H47N7O4. The molecule has 2 N–H and O–H groups in total. The number of nitrogens with zero attached hydrogens (tertiary/aromatic N) is 5. The molecule has 2 aromatic carbocycles. The fourth-order valence-corrected chi connectivity index (χ4v) is 5.63. The highest BCUT2D eigenvalue weighted by molar-refractivity contribution is 5.68. The van der Waals surface area contributed by atoms with Crippen molar-refractivity contribution < 1.29 is 19.1 Å². The molecule has 11 heteroatoms. The van der Waals surface area contributed by atoms with Gasteiger partial charge in [-0.1, -0.05) is 94.4 Å². The van der Waals surface area contributed by atoms with E-state index in [9.17, 15) is 9.59 Å². The summed E-state index contributed by atoms with van der Waals surface area (Å²) in [6, 6.07) is 24.6. The first-order chi connectivity index (χ1) is 24.2. The van der Waals surface area contributed by atoms with Gasteiger partial charge < -0.3 is 29.2 Å². The average molecular weight is 678 g/mol. The Labute approximate surface area is 294 Å². The minimum absolute atomic E-state index is 0.206. The van der Waals surface area contributed by atoms with E-state index in [0.717, 1.165) is 46.7 Å². The Kier molecular flexibility index (Phi) is 12.8. The Morgan fingerprint density at radius 2 is 1.04 bits per heavy atom. The van der Waals surface area contributed by atoms with Crippen molar-refractivity contribution in [2.45, 2.75) is 78.9 Å². The summed E-state index contributed by atoms with van der Waals surface area (Å²) in [5.74, 6) is 0.679. The van der Waals surface area contributed by atoms with Gasteiger partial charge in [-0.05, 0) is 47.9 Å². The van der Waals surface area contributed by atoms with Gasteiger partial charge in [-0.15, -0.1) is 0 Å². The molecule has 0 aliphatic rings. The lowest BCUT2D eigenvalue weighted by molar-refractivity contribution is 0.133. The molecule has 0 saturated heterocycles. The molecule has 0 spiro atoms. The van der Waals surface area contributed by atoms with Crippen LogP contribution in [-0.4, -0.2) is 36.3 Å². The van der Waals surface area contributed by atoms with Crippen LogP contribution in [0.25, 0.3) is 0 Å². The van der Waals surface area contributed by atoms with E-state index in [-0.39, 0.29) is 25.3 Å². The van der Waals surface area contributed by atoms with E-state index in [4.69, 9.17) is 14.5 Å². The van der Waals surface area contributed by atoms with Crippen LogP contribution in [0.5, 0.6) is 0 Å². The van der Waals surface area contributed by atoms with Crippen molar-refractivity contribution in [3.05, 3.63) is 138 Å². The van der Waals surface area contributed by atoms with Crippen molar-refractivity contribution in [1.82, 2.24) is 34.7 Å². The molecule has 0 bridgehead atoms. The summed E-state index contributed by atoms with van der Waals surface area (Å²) in [6.45, 7) is 9.91. The minimum atomic E-state index is -0.472. The molecule has 0 radical (unpaired) electrons. The molecule has 3 aromatic heterocycles. The fourth-order valence-electron chi connectivity index (χ4n) is 5.63. The zero-order valence-corrected chi connectivity index (χ0v) is 29.2. The quantitative estimate of drug-likeness (QED) is 0.110. The molecule has 5 aromatic rings. The highest BCUT2D eigenvalue weighted by Gasteiger charge is 2.21. The van der Waals surface area contributed by atoms with Crippen LogP contribution < -0.4 is 10.6 Å². The third-order valence-corrected chi connectivity index (χ3v) is 8.00. The Bertz CT molecular complexity index is 1660. The van der Waals surface area contributed by atoms with Gasteiger partial charge in [0.25, 0.3) is 0 Å². The van der Waals surface area contributed by atoms with E-state index in [1.165, 1.54) is 0 Å². The van der Waals surface area contributed by atoms with Crippen LogP contribution in [0, 0.1) is 11.8 Å². The van der Waals surface area contributed by atoms with Gasteiger partial charge in [0.05, 0.1) is 60.6 Å². The molecule has 0 saturated carbocycles. The van der Waals surface area contributed by atoms with Crippen molar-refractivity contribution in [2.75, 3.05) is 0 Å². The molecule has 0 aliphatic carbocycles. The molecule has 0 unspecified atom stereocenters. The van der Waals surface area contributed by atoms with Crippen LogP contribution in [0.15, 0.2) is 104 Å². The zero-order valence-electron chi connectivity index (χ0n) is 29.2. The van der Waals surface area contributed by atoms with Crippen molar-refractivity contribution in [3.63, 3.8) is 0 Å². The average Bonchev–Trinajstić information content (AvgIpc) is 3.77. The summed E-state index contributed by atoms with van der Waals surface area (Å²) in [5, 5.41) is 6.00. The second-order valence-corrected chi connectivity index (χ2v) is 13.3. The third-order valence-electron chi connectivity index (χ3n) is 8.00. The molecule has 2 amide bonds. The number of aromatic nitrogens is 5. The highest BCUT2D eigenvalue weighted by Crippen LogP contribution is 2.22. The summed E-state index contributed by atoms with van der Waals surface area (Å²) in [6.07, 6.45) is 7.94. The standard InChI is InChI=1S/C39H47N7O4/c1-28(2)18-34(43-38(47)49-24-30-12-7-5-8-13-30)36-22-45(26-40-36)20-32-16-11-17-33(42-32)21-46-23-37(41-27-46)35(19-29(3)4)44-39(48)50-25-31-14-9-6-10-15-31/h5-17,22-23,26-29,34-35H,18-21,24-25H2,1-4H3,(H,43,47)(H,44,48)/t34-,35-/m0/s1. The van der Waals surface area contributed by atoms with Gasteiger partial charge in [0.2, 0.25) is 0 Å². The maximum atomic E-state index is 12.7. The number of ether oxygens (including phenoxy) is 2. The van der Waals surface area contributed by atoms with Gasteiger partial charge in [0.1, 0.15) is 13.2 Å². The summed E-state index contributed by atoms with van der Waals surface area (Å²) < 4.78 is 14.9. The number of amides is 2. The maximum absolute atomic E-state index is 12.7. The lowest BCUT2D eigenvalue weighted by atomic mass is 10.0. The molecule has 262 valence electrons. The number of pyridine rings is 1. The number of hydrogen-bond donors (Lipinski definition) is 2. The lowest BCUT2D eigenvalue weighted by Gasteiger charge is -2.19. The number of carbonyl (C=O) groups is 2. The minimum Gasteiger partial charge on any atom is -0.445 e. The smallest absolute Gasteiger partial charge is 0.408 e. The van der Waals surface area contributed by atoms with E-state index in [1.807, 2.05) is 100 Å². The fraction of sp³-hybridized carbons (Fsp3) is 0.359. The summed E-state index contributed by atoms with van der Waals surface area (Å²) in [7, 11) is 0. The maximum Gasteiger partial charge on any atom is 0.408 e. The molecule has 50 heavy (non-hydrogen) atoms. The van der Waals surface area contributed by atoms with Crippen LogP contribution in [-0.2, 0) is 35.8 Å². The topological polar surface area (TPSA) is 125 Å². The molecule has 0 fully saturated rings. The Hall–Kier alpha value is -5.45. The van der Waals surface area contributed by atoms with Gasteiger partial charge in [-0.3, -0.25) is 4.98 Å². The van der Waals surface area contributed by atoms with E-state index in [2.05, 4.69) is 48.3 Å². The van der Waals surface area contributed by atoms with Crippen LogP contribution in [0.4, 0.5) is 9.59 Å². The number of imidazole rings is 2. The van der Waals surface area contributed by atoms with Crippen molar-refractivity contribution in [2.24, 2.45) is 11.8 Å². The Balaban J connectivity index is 1.18. The molecule has 5 rings (SSSR count). The number of nitrogens with one attached hydrogen (secondary N) is 2. The predicted molar refractivity (Wildman–Crippen MR) is 191 cm³/mol. The number of benzene rings is 2. The van der Waals surface area contributed by atoms with Crippen LogP contribution in [0.1, 0.15) is 86.5 Å². The van der Waals surface area contributed by atoms with E-state index >= 15 is 0 Å². The first-order valence-corrected chi connectivity index (χ1v) is 17.1. The summed E-state index contributed by atoms with van der Waals surface area (Å²) in [4.78, 5) is 39.5. The SMILES string of the molecule is CC(C)C[C@H](NC(=O)OCc1ccccc1)c1cn(Cc2cccc(Cn3cnc([C@H](CC(C)C)NC(=O)OCc4ccccc4)c3)n2)cn1. The molecule has 2 atom stereocenters. The van der Waals surface area contributed by atoms with E-state index in [0.29, 0.717) is 24.9 Å². The number of hydrogen-bond acceptors (Lipinski definition) is 7. The first-order valence-electron chi connectivity index (χ1n) is 17.1. The Morgan fingerprint density at radius 1 is 0.620 bits per heavy atom. The van der Waals surface area contributed by atoms with Crippen LogP contribution in [0.3, 0.4) is 0 Å². The summed E-state index contributed by atoms with van der Waals surface area (Å²) >= 11 is 0. The van der Waals surface area contributed by atoms with Crippen LogP contribution >= 0.6 is 0 Å². The van der Waals surface area contributed by atoms with Gasteiger partial charge in [-0.25, -0.2) is 19.6 Å². The first kappa shape index (κ1) is 35.8. The van der Waals surface area contributed by atoms with Crippen molar-refractivity contribution in [1.29, 1.82) is 0 Å². The van der Waals surface area contributed by atoms with E-state index < -0.39 is 12.2 Å². The highest BCUT2D eigenvalue weighted by atomic mass is 16.6. The predicted octanol–water partition coefficient (Wildman–Crippen LogP) is 7.60. The summed E-state index contributed by atoms with van der Waals surface area (Å²) in [5.41, 5.74) is 5.15. The second kappa shape index (κ2) is 17.8. The van der Waals surface area contributed by atoms with Gasteiger partial charge in [0.15, 0.2) is 0 Å². The molecule has 11 nitrogen and oxygen atoms in total. The molecule has 0 aliphatic heterocycles. The van der Waals surface area contributed by atoms with Crippen LogP contribution in [0.2, 0.25) is 0 Å².